The minimum absolute atomic E-state index is 0. The topological polar surface area (TPSA) is 35.2 Å². The van der Waals surface area contributed by atoms with E-state index in [2.05, 4.69) is 307 Å². The molecule has 0 saturated heterocycles. The van der Waals surface area contributed by atoms with Crippen molar-refractivity contribution in [1.82, 2.24) is 14.1 Å². The minimum atomic E-state index is -0.145. The zero-order valence-electron chi connectivity index (χ0n) is 52.5. The zero-order chi connectivity index (χ0) is 59.7. The third-order valence-corrected chi connectivity index (χ3v) is 17.4. The predicted octanol–water partition coefficient (Wildman–Crippen LogP) is 22.0. The SMILES string of the molecule is CC(C)(C)c1cc(-c2cc(C(C)(C)C)cc(C(C)(C)C)c2)cc(-c2cccc3c4ccc(C(C)(C)C)cc4c4ccccc4c4cccc5c4n(c23)[CH-]N5c2[c-]c(Oc3[c-]c4c(cc3)c3ccccc3n4-c3cc(C(C)(C)C)ccn3)ccc2)c1.[Pt]. The van der Waals surface area contributed by atoms with E-state index in [0.717, 1.165) is 66.4 Å². The summed E-state index contributed by atoms with van der Waals surface area (Å²) in [7, 11) is 0. The number of anilines is 2. The van der Waals surface area contributed by atoms with E-state index in [1.807, 2.05) is 18.3 Å². The van der Waals surface area contributed by atoms with Gasteiger partial charge in [0.25, 0.3) is 0 Å². The Bertz CT molecular complexity index is 4720. The summed E-state index contributed by atoms with van der Waals surface area (Å²) in [6.07, 6.45) is 1.91. The van der Waals surface area contributed by atoms with Crippen molar-refractivity contribution >= 4 is 76.5 Å². The molecule has 0 aliphatic carbocycles. The van der Waals surface area contributed by atoms with Crippen LogP contribution in [0.2, 0.25) is 0 Å². The van der Waals surface area contributed by atoms with Crippen LogP contribution in [0, 0.1) is 18.8 Å². The monoisotopic (exact) mass is 1300 g/mol. The molecule has 436 valence electrons. The van der Waals surface area contributed by atoms with Crippen LogP contribution in [0.25, 0.3) is 93.2 Å². The molecule has 0 atom stereocenters. The molecule has 5 nitrogen and oxygen atoms in total. The van der Waals surface area contributed by atoms with Gasteiger partial charge in [0.1, 0.15) is 5.82 Å². The molecular weight excluding hydrogens is 1230 g/mol. The van der Waals surface area contributed by atoms with E-state index in [1.165, 1.54) is 66.1 Å². The summed E-state index contributed by atoms with van der Waals surface area (Å²) in [5.74, 6) is 2.02. The van der Waals surface area contributed by atoms with Crippen molar-refractivity contribution in [3.63, 3.8) is 0 Å². The first kappa shape index (κ1) is 58.3. The Kier molecular flexibility index (Phi) is 14.3. The van der Waals surface area contributed by atoms with Gasteiger partial charge in [-0.1, -0.05) is 236 Å². The van der Waals surface area contributed by atoms with Gasteiger partial charge in [-0.2, -0.15) is 12.1 Å². The molecule has 0 unspecified atom stereocenters. The molecule has 9 aromatic carbocycles. The number of para-hydroxylation sites is 3. The number of fused-ring (bicyclic) bond motifs is 10. The molecule has 0 saturated carbocycles. The average molecular weight is 1310 g/mol. The first-order chi connectivity index (χ1) is 40.3. The molecule has 6 heteroatoms. The van der Waals surface area contributed by atoms with Crippen LogP contribution in [0.15, 0.2) is 188 Å². The Labute approximate surface area is 523 Å². The van der Waals surface area contributed by atoms with Crippen LogP contribution in [0.1, 0.15) is 132 Å². The van der Waals surface area contributed by atoms with Gasteiger partial charge in [0.05, 0.1) is 0 Å². The molecule has 0 bridgehead atoms. The molecule has 12 aromatic rings. The molecule has 4 heterocycles. The van der Waals surface area contributed by atoms with Crippen molar-refractivity contribution < 1.29 is 25.8 Å². The minimum Gasteiger partial charge on any atom is -0.509 e. The largest absolute Gasteiger partial charge is 0.509 e. The van der Waals surface area contributed by atoms with Crippen LogP contribution < -0.4 is 9.64 Å². The smallest absolute Gasteiger partial charge is 0.135 e. The summed E-state index contributed by atoms with van der Waals surface area (Å²) in [5, 5.41) is 9.30. The van der Waals surface area contributed by atoms with E-state index in [9.17, 15) is 0 Å². The van der Waals surface area contributed by atoms with Gasteiger partial charge < -0.3 is 18.8 Å². The number of ether oxygens (including phenoxy) is 1. The normalized spacial score (nSPS) is 13.0. The summed E-state index contributed by atoms with van der Waals surface area (Å²) < 4.78 is 11.6. The molecule has 3 aromatic heterocycles. The van der Waals surface area contributed by atoms with Gasteiger partial charge in [-0.05, 0) is 163 Å². The van der Waals surface area contributed by atoms with Gasteiger partial charge in [-0.15, -0.1) is 35.7 Å². The third-order valence-electron chi connectivity index (χ3n) is 17.4. The Morgan fingerprint density at radius 1 is 0.395 bits per heavy atom. The molecule has 0 amide bonds. The van der Waals surface area contributed by atoms with E-state index < -0.39 is 0 Å². The van der Waals surface area contributed by atoms with E-state index in [0.29, 0.717) is 11.5 Å². The second-order valence-corrected chi connectivity index (χ2v) is 28.7. The van der Waals surface area contributed by atoms with Gasteiger partial charge in [-0.3, -0.25) is 0 Å². The number of pyridine rings is 1. The first-order valence-corrected chi connectivity index (χ1v) is 30.2. The number of hydrogen-bond donors (Lipinski definition) is 0. The number of benzene rings is 9. The van der Waals surface area contributed by atoms with Crippen LogP contribution in [-0.2, 0) is 48.1 Å². The van der Waals surface area contributed by atoms with E-state index in [1.54, 1.807) is 0 Å². The van der Waals surface area contributed by atoms with Gasteiger partial charge in [-0.25, -0.2) is 4.98 Å². The van der Waals surface area contributed by atoms with Crippen molar-refractivity contribution in [2.75, 3.05) is 4.90 Å². The average Bonchev–Trinajstić information content (AvgIpc) is 1.94. The fraction of sp³-hybridized carbons (Fsp3) is 0.250. The van der Waals surface area contributed by atoms with Crippen LogP contribution in [0.3, 0.4) is 0 Å². The molecule has 0 N–H and O–H groups in total. The standard InChI is InChI=1S/C80H77N4O.Pt/c1-76(2,3)53-33-35-64-67-29-21-28-61(52-39-50(40-55(43-52)78(7,8)9)51-41-56(79(10,11)12)44-57(42-51)80(13,14)15)74(67)83-49-82(71-32-22-30-68(75(71)83)62-25-16-17-26-63(62)69(64)45-53)58-23-20-24-59(47-58)85-60-34-36-66-65-27-18-19-31-70(65)84(72(66)48-60)73-46-54(37-38-81-73)77(4,5)6;/h16-46,49H,1-15H3;/q-3;. The summed E-state index contributed by atoms with van der Waals surface area (Å²) in [6.45, 7) is 36.9. The van der Waals surface area contributed by atoms with Gasteiger partial charge in [0.15, 0.2) is 0 Å². The molecule has 0 radical (unpaired) electrons. The predicted molar refractivity (Wildman–Crippen MR) is 361 cm³/mol. The summed E-state index contributed by atoms with van der Waals surface area (Å²) in [5.41, 5.74) is 17.0. The van der Waals surface area contributed by atoms with Crippen molar-refractivity contribution in [1.29, 1.82) is 0 Å². The maximum Gasteiger partial charge on any atom is 0.135 e. The van der Waals surface area contributed by atoms with Crippen LogP contribution in [-0.4, -0.2) is 14.1 Å². The van der Waals surface area contributed by atoms with Crippen molar-refractivity contribution in [2.24, 2.45) is 0 Å². The molecule has 13 rings (SSSR count). The van der Waals surface area contributed by atoms with Crippen LogP contribution in [0.5, 0.6) is 11.5 Å². The molecular formula is C80H77N4OPt-3. The number of hydrogen-bond acceptors (Lipinski definition) is 3. The summed E-state index contributed by atoms with van der Waals surface area (Å²) in [6, 6.07) is 75.2. The van der Waals surface area contributed by atoms with Gasteiger partial charge in [0, 0.05) is 50.0 Å². The van der Waals surface area contributed by atoms with Crippen LogP contribution in [0.4, 0.5) is 11.4 Å². The maximum absolute atomic E-state index is 6.88. The van der Waals surface area contributed by atoms with E-state index in [4.69, 9.17) is 9.72 Å². The summed E-state index contributed by atoms with van der Waals surface area (Å²) in [4.78, 5) is 7.22. The van der Waals surface area contributed by atoms with Gasteiger partial charge in [0.2, 0.25) is 0 Å². The zero-order valence-corrected chi connectivity index (χ0v) is 54.8. The molecule has 86 heavy (non-hydrogen) atoms. The second kappa shape index (κ2) is 21.1. The number of nitrogens with zero attached hydrogens (tertiary/aromatic N) is 4. The third kappa shape index (κ3) is 10.4. The molecule has 1 aliphatic rings. The Morgan fingerprint density at radius 3 is 1.59 bits per heavy atom. The molecule has 0 spiro atoms. The molecule has 0 fully saturated rings. The van der Waals surface area contributed by atoms with Gasteiger partial charge >= 0.3 is 0 Å². The fourth-order valence-corrected chi connectivity index (χ4v) is 12.4. The Morgan fingerprint density at radius 2 is 0.919 bits per heavy atom. The van der Waals surface area contributed by atoms with Crippen LogP contribution >= 0.6 is 0 Å². The number of aromatic nitrogens is 3. The number of rotatable bonds is 6. The Hall–Kier alpha value is -8.11. The summed E-state index contributed by atoms with van der Waals surface area (Å²) >= 11 is 0. The molecule has 1 aliphatic heterocycles. The van der Waals surface area contributed by atoms with E-state index in [-0.39, 0.29) is 48.1 Å². The fourth-order valence-electron chi connectivity index (χ4n) is 12.4. The van der Waals surface area contributed by atoms with Crippen molar-refractivity contribution in [3.05, 3.63) is 235 Å². The Balaban J connectivity index is 0.00000724. The second-order valence-electron chi connectivity index (χ2n) is 28.7. The quantitative estimate of drug-likeness (QED) is 0.156. The first-order valence-electron chi connectivity index (χ1n) is 30.2. The van der Waals surface area contributed by atoms with Crippen molar-refractivity contribution in [3.8, 4) is 39.6 Å². The van der Waals surface area contributed by atoms with Crippen molar-refractivity contribution in [2.45, 2.75) is 131 Å². The maximum atomic E-state index is 6.88. The van der Waals surface area contributed by atoms with E-state index >= 15 is 0 Å².